The monoisotopic (exact) mass is 426 g/mol. The maximum atomic E-state index is 12.1. The Bertz CT molecular complexity index is 571. The topological polar surface area (TPSA) is 180 Å². The van der Waals surface area contributed by atoms with Crippen molar-refractivity contribution in [2.24, 2.45) is 0 Å². The lowest BCUT2D eigenvalue weighted by Crippen LogP contribution is -2.66. The second kappa shape index (κ2) is 10.1. The number of ether oxygens (including phenoxy) is 7. The quantitative estimate of drug-likeness (QED) is 0.305. The highest BCUT2D eigenvalue weighted by atomic mass is 16.7. The molecule has 2 saturated heterocycles. The molecule has 2 aliphatic heterocycles. The zero-order valence-electron chi connectivity index (χ0n) is 16.2. The van der Waals surface area contributed by atoms with Gasteiger partial charge in [0.25, 0.3) is 0 Å². The van der Waals surface area contributed by atoms with Crippen LogP contribution in [0.5, 0.6) is 0 Å². The maximum absolute atomic E-state index is 12.1. The van der Waals surface area contributed by atoms with Crippen LogP contribution in [-0.4, -0.2) is 122 Å². The minimum Gasteiger partial charge on any atom is -0.467 e. The number of carbonyl (C=O) groups excluding carboxylic acids is 2. The summed E-state index contributed by atoms with van der Waals surface area (Å²) in [7, 11) is 4.52. The minimum atomic E-state index is -1.75. The predicted molar refractivity (Wildman–Crippen MR) is 88.1 cm³/mol. The zero-order chi connectivity index (χ0) is 21.9. The van der Waals surface area contributed by atoms with Gasteiger partial charge in [0.1, 0.15) is 36.6 Å². The highest BCUT2D eigenvalue weighted by Crippen LogP contribution is 2.30. The SMILES string of the molecule is COC(=O)C1O[C@H](OC)C(O)[C@H](O)[C@H]1O[C@H]1O[C@@H](C(=O)OC)[C@H](OC)C(O)C1O. The minimum absolute atomic E-state index is 0.916. The van der Waals surface area contributed by atoms with E-state index in [1.54, 1.807) is 0 Å². The van der Waals surface area contributed by atoms with Gasteiger partial charge in [0, 0.05) is 14.2 Å². The van der Waals surface area contributed by atoms with E-state index in [4.69, 9.17) is 23.7 Å². The standard InChI is InChI=1S/C16H26O13/c1-23-9-5(17)8(20)16(29-11(9)13(21)24-2)27-10-6(18)7(19)15(26-4)28-12(10)14(22)25-3/h5-12,15-20H,1-4H3/t5?,6-,7?,8?,9+,10+,11+,12?,15-,16-/m0/s1. The molecule has 0 radical (unpaired) electrons. The van der Waals surface area contributed by atoms with Crippen molar-refractivity contribution in [3.8, 4) is 0 Å². The number of rotatable bonds is 6. The van der Waals surface area contributed by atoms with Crippen molar-refractivity contribution >= 4 is 11.9 Å². The van der Waals surface area contributed by atoms with E-state index in [0.717, 1.165) is 14.2 Å². The molecule has 4 unspecified atom stereocenters. The van der Waals surface area contributed by atoms with Gasteiger partial charge in [-0.25, -0.2) is 9.59 Å². The molecule has 2 rings (SSSR count). The molecule has 2 heterocycles. The third kappa shape index (κ3) is 4.68. The Hall–Kier alpha value is -1.42. The van der Waals surface area contributed by atoms with Crippen LogP contribution in [-0.2, 0) is 42.7 Å². The summed E-state index contributed by atoms with van der Waals surface area (Å²) >= 11 is 0. The van der Waals surface area contributed by atoms with E-state index in [-0.39, 0.29) is 0 Å². The van der Waals surface area contributed by atoms with Crippen LogP contribution in [0.1, 0.15) is 0 Å². The van der Waals surface area contributed by atoms with Crippen LogP contribution in [0.3, 0.4) is 0 Å². The van der Waals surface area contributed by atoms with Crippen LogP contribution in [0.15, 0.2) is 0 Å². The Kier molecular flexibility index (Phi) is 8.28. The lowest BCUT2D eigenvalue weighted by Gasteiger charge is -2.45. The van der Waals surface area contributed by atoms with Gasteiger partial charge >= 0.3 is 11.9 Å². The normalized spacial score (nSPS) is 42.9. The molecule has 0 aliphatic carbocycles. The number of hydrogen-bond donors (Lipinski definition) is 4. The van der Waals surface area contributed by atoms with Crippen molar-refractivity contribution in [2.75, 3.05) is 28.4 Å². The number of esters is 2. The van der Waals surface area contributed by atoms with Crippen LogP contribution in [0.4, 0.5) is 0 Å². The molecule has 168 valence electrons. The first-order chi connectivity index (χ1) is 13.7. The van der Waals surface area contributed by atoms with Gasteiger partial charge in [0.15, 0.2) is 24.8 Å². The van der Waals surface area contributed by atoms with Gasteiger partial charge in [-0.1, -0.05) is 0 Å². The highest BCUT2D eigenvalue weighted by molar-refractivity contribution is 5.76. The van der Waals surface area contributed by atoms with E-state index in [9.17, 15) is 30.0 Å². The summed E-state index contributed by atoms with van der Waals surface area (Å²) in [6.45, 7) is 0. The van der Waals surface area contributed by atoms with Crippen LogP contribution < -0.4 is 0 Å². The maximum Gasteiger partial charge on any atom is 0.337 e. The van der Waals surface area contributed by atoms with Crippen LogP contribution in [0.25, 0.3) is 0 Å². The van der Waals surface area contributed by atoms with E-state index in [1.165, 1.54) is 14.2 Å². The van der Waals surface area contributed by atoms with E-state index < -0.39 is 73.4 Å². The van der Waals surface area contributed by atoms with Crippen molar-refractivity contribution < 1.29 is 63.2 Å². The molecule has 0 aromatic rings. The average Bonchev–Trinajstić information content (AvgIpc) is 2.73. The summed E-state index contributed by atoms with van der Waals surface area (Å²) in [5, 5.41) is 41.1. The molecular weight excluding hydrogens is 400 g/mol. The molecule has 0 saturated carbocycles. The molecule has 0 aromatic carbocycles. The molecule has 0 spiro atoms. The molecule has 2 fully saturated rings. The second-order valence-electron chi connectivity index (χ2n) is 6.40. The first kappa shape index (κ1) is 23.9. The Balaban J connectivity index is 2.27. The van der Waals surface area contributed by atoms with Crippen molar-refractivity contribution in [1.29, 1.82) is 0 Å². The Morgan fingerprint density at radius 3 is 1.59 bits per heavy atom. The third-order valence-electron chi connectivity index (χ3n) is 4.75. The molecule has 0 aromatic heterocycles. The molecule has 13 heteroatoms. The van der Waals surface area contributed by atoms with Gasteiger partial charge in [-0.15, -0.1) is 0 Å². The van der Waals surface area contributed by atoms with Crippen molar-refractivity contribution in [3.63, 3.8) is 0 Å². The van der Waals surface area contributed by atoms with Crippen LogP contribution in [0, 0.1) is 0 Å². The summed E-state index contributed by atoms with van der Waals surface area (Å²) in [4.78, 5) is 24.0. The summed E-state index contributed by atoms with van der Waals surface area (Å²) in [6, 6.07) is 0. The zero-order valence-corrected chi connectivity index (χ0v) is 16.2. The van der Waals surface area contributed by atoms with Crippen molar-refractivity contribution in [1.82, 2.24) is 0 Å². The third-order valence-corrected chi connectivity index (χ3v) is 4.75. The van der Waals surface area contributed by atoms with Crippen LogP contribution in [0.2, 0.25) is 0 Å². The lowest BCUT2D eigenvalue weighted by atomic mass is 9.96. The van der Waals surface area contributed by atoms with Gasteiger partial charge in [-0.05, 0) is 0 Å². The number of hydrogen-bond acceptors (Lipinski definition) is 13. The number of aliphatic hydroxyl groups is 4. The first-order valence-electron chi connectivity index (χ1n) is 8.61. The Morgan fingerprint density at radius 1 is 0.655 bits per heavy atom. The summed E-state index contributed by atoms with van der Waals surface area (Å²) in [6.07, 6.45) is -15.8. The molecule has 0 amide bonds. The van der Waals surface area contributed by atoms with Gasteiger partial charge in [0.2, 0.25) is 0 Å². The molecule has 13 nitrogen and oxygen atoms in total. The lowest BCUT2D eigenvalue weighted by molar-refractivity contribution is -0.349. The molecule has 0 bridgehead atoms. The van der Waals surface area contributed by atoms with Crippen LogP contribution >= 0.6 is 0 Å². The van der Waals surface area contributed by atoms with Crippen molar-refractivity contribution in [2.45, 2.75) is 61.4 Å². The summed E-state index contributed by atoms with van der Waals surface area (Å²) in [5.41, 5.74) is 0. The van der Waals surface area contributed by atoms with E-state index in [2.05, 4.69) is 9.47 Å². The van der Waals surface area contributed by atoms with E-state index in [0.29, 0.717) is 0 Å². The molecule has 29 heavy (non-hydrogen) atoms. The Morgan fingerprint density at radius 2 is 1.10 bits per heavy atom. The van der Waals surface area contributed by atoms with E-state index >= 15 is 0 Å². The summed E-state index contributed by atoms with van der Waals surface area (Å²) in [5.74, 6) is -1.88. The predicted octanol–water partition coefficient (Wildman–Crippen LogP) is -3.73. The number of methoxy groups -OCH3 is 4. The highest BCUT2D eigenvalue weighted by Gasteiger charge is 2.54. The first-order valence-corrected chi connectivity index (χ1v) is 8.61. The smallest absolute Gasteiger partial charge is 0.337 e. The number of aliphatic hydroxyl groups excluding tert-OH is 4. The second-order valence-corrected chi connectivity index (χ2v) is 6.40. The van der Waals surface area contributed by atoms with Gasteiger partial charge in [0.05, 0.1) is 14.2 Å². The van der Waals surface area contributed by atoms with E-state index in [1.807, 2.05) is 0 Å². The van der Waals surface area contributed by atoms with Gasteiger partial charge < -0.3 is 53.6 Å². The number of carbonyl (C=O) groups is 2. The van der Waals surface area contributed by atoms with Crippen molar-refractivity contribution in [3.05, 3.63) is 0 Å². The summed E-state index contributed by atoms with van der Waals surface area (Å²) < 4.78 is 35.2. The molecule has 4 N–H and O–H groups in total. The Labute approximate surface area is 165 Å². The molecule has 10 atom stereocenters. The average molecular weight is 426 g/mol. The van der Waals surface area contributed by atoms with Gasteiger partial charge in [-0.3, -0.25) is 0 Å². The van der Waals surface area contributed by atoms with Gasteiger partial charge in [-0.2, -0.15) is 0 Å². The molecular formula is C16H26O13. The fourth-order valence-electron chi connectivity index (χ4n) is 3.16. The fourth-order valence-corrected chi connectivity index (χ4v) is 3.16. The fraction of sp³-hybridized carbons (Fsp3) is 0.875. The largest absolute Gasteiger partial charge is 0.467 e. The molecule has 2 aliphatic rings.